The average molecular weight is 322 g/mol. The van der Waals surface area contributed by atoms with Gasteiger partial charge in [0, 0.05) is 24.8 Å². The number of hydrogen-bond donors (Lipinski definition) is 1. The molecule has 0 spiro atoms. The van der Waals surface area contributed by atoms with Crippen LogP contribution in [0.25, 0.3) is 16.9 Å². The van der Waals surface area contributed by atoms with Crippen molar-refractivity contribution < 1.29 is 9.53 Å². The lowest BCUT2D eigenvalue weighted by Gasteiger charge is -2.26. The van der Waals surface area contributed by atoms with Gasteiger partial charge in [0.1, 0.15) is 11.4 Å². The largest absolute Gasteiger partial charge is 0.482 e. The van der Waals surface area contributed by atoms with Crippen molar-refractivity contribution in [2.45, 2.75) is 13.5 Å². The molecule has 0 aliphatic carbocycles. The van der Waals surface area contributed by atoms with E-state index in [4.69, 9.17) is 15.5 Å². The second-order valence-electron chi connectivity index (χ2n) is 5.90. The predicted molar refractivity (Wildman–Crippen MR) is 92.2 cm³/mol. The molecule has 3 aromatic rings. The topological polar surface area (TPSA) is 72.9 Å². The van der Waals surface area contributed by atoms with Crippen LogP contribution in [0.3, 0.4) is 0 Å². The molecule has 1 amide bonds. The van der Waals surface area contributed by atoms with Gasteiger partial charge >= 0.3 is 0 Å². The lowest BCUT2D eigenvalue weighted by molar-refractivity contribution is -0.120. The molecule has 2 aromatic heterocycles. The summed E-state index contributed by atoms with van der Waals surface area (Å²) in [4.78, 5) is 18.2. The fourth-order valence-corrected chi connectivity index (χ4v) is 3.17. The monoisotopic (exact) mass is 322 g/mol. The van der Waals surface area contributed by atoms with Gasteiger partial charge in [0.15, 0.2) is 6.61 Å². The van der Waals surface area contributed by atoms with Gasteiger partial charge in [0.25, 0.3) is 5.91 Å². The van der Waals surface area contributed by atoms with Gasteiger partial charge in [-0.05, 0) is 37.3 Å². The lowest BCUT2D eigenvalue weighted by atomic mass is 10.1. The lowest BCUT2D eigenvalue weighted by Crippen LogP contribution is -2.35. The summed E-state index contributed by atoms with van der Waals surface area (Å²) in [6.45, 7) is 2.49. The maximum Gasteiger partial charge on any atom is 0.264 e. The summed E-state index contributed by atoms with van der Waals surface area (Å²) in [5, 5.41) is 0. The molecule has 2 N–H and O–H groups in total. The highest BCUT2D eigenvalue weighted by atomic mass is 16.5. The Balaban J connectivity index is 1.93. The second-order valence-corrected chi connectivity index (χ2v) is 5.90. The molecule has 3 heterocycles. The SMILES string of the molecule is Cc1cccc2nc(-c3ccc4c(c3)N(C)C(=O)CO4)c(CN)n12. The number of rotatable bonds is 2. The van der Waals surface area contributed by atoms with E-state index in [9.17, 15) is 4.79 Å². The van der Waals surface area contributed by atoms with Crippen LogP contribution in [0.5, 0.6) is 5.75 Å². The van der Waals surface area contributed by atoms with Crippen molar-refractivity contribution in [2.75, 3.05) is 18.6 Å². The van der Waals surface area contributed by atoms with Crippen LogP contribution in [0.4, 0.5) is 5.69 Å². The summed E-state index contributed by atoms with van der Waals surface area (Å²) >= 11 is 0. The molecule has 4 rings (SSSR count). The Kier molecular flexibility index (Phi) is 3.28. The molecule has 1 aliphatic heterocycles. The molecule has 0 saturated carbocycles. The number of aromatic nitrogens is 2. The minimum absolute atomic E-state index is 0.0652. The summed E-state index contributed by atoms with van der Waals surface area (Å²) < 4.78 is 7.56. The van der Waals surface area contributed by atoms with Crippen LogP contribution < -0.4 is 15.4 Å². The highest BCUT2D eigenvalue weighted by Crippen LogP contribution is 2.36. The third-order valence-electron chi connectivity index (χ3n) is 4.45. The second kappa shape index (κ2) is 5.35. The zero-order valence-corrected chi connectivity index (χ0v) is 13.6. The van der Waals surface area contributed by atoms with Crippen molar-refractivity contribution in [1.82, 2.24) is 9.38 Å². The van der Waals surface area contributed by atoms with E-state index in [-0.39, 0.29) is 12.5 Å². The first-order valence-electron chi connectivity index (χ1n) is 7.81. The number of nitrogens with two attached hydrogens (primary N) is 1. The number of amides is 1. The average Bonchev–Trinajstić information content (AvgIpc) is 2.98. The van der Waals surface area contributed by atoms with E-state index in [1.165, 1.54) is 0 Å². The first-order valence-corrected chi connectivity index (χ1v) is 7.81. The Hall–Kier alpha value is -2.86. The van der Waals surface area contributed by atoms with Crippen molar-refractivity contribution in [3.63, 3.8) is 0 Å². The van der Waals surface area contributed by atoms with Crippen molar-refractivity contribution in [3.8, 4) is 17.0 Å². The van der Waals surface area contributed by atoms with Gasteiger partial charge < -0.3 is 15.4 Å². The van der Waals surface area contributed by atoms with Gasteiger partial charge in [-0.1, -0.05) is 6.07 Å². The number of pyridine rings is 1. The number of likely N-dealkylation sites (N-methyl/N-ethyl adjacent to an activating group) is 1. The number of nitrogens with zero attached hydrogens (tertiary/aromatic N) is 3. The number of anilines is 1. The molecule has 0 saturated heterocycles. The number of imidazole rings is 1. The van der Waals surface area contributed by atoms with Gasteiger partial charge in [-0.25, -0.2) is 4.98 Å². The molecule has 0 radical (unpaired) electrons. The van der Waals surface area contributed by atoms with E-state index in [2.05, 4.69) is 4.40 Å². The first kappa shape index (κ1) is 14.7. The Bertz CT molecular complexity index is 961. The summed E-state index contributed by atoms with van der Waals surface area (Å²) in [6.07, 6.45) is 0. The maximum atomic E-state index is 11.9. The molecule has 0 unspecified atom stereocenters. The molecule has 0 fully saturated rings. The van der Waals surface area contributed by atoms with Crippen LogP contribution in [0, 0.1) is 6.92 Å². The molecular formula is C18H18N4O2. The number of ether oxygens (including phenoxy) is 1. The zero-order valence-electron chi connectivity index (χ0n) is 13.6. The van der Waals surface area contributed by atoms with E-state index in [0.717, 1.165) is 34.0 Å². The number of carbonyl (C=O) groups excluding carboxylic acids is 1. The number of hydrogen-bond acceptors (Lipinski definition) is 4. The van der Waals surface area contributed by atoms with Crippen LogP contribution in [0.1, 0.15) is 11.4 Å². The zero-order chi connectivity index (χ0) is 16.8. The van der Waals surface area contributed by atoms with Crippen molar-refractivity contribution >= 4 is 17.2 Å². The summed E-state index contributed by atoms with van der Waals surface area (Å²) in [5.41, 5.74) is 11.4. The van der Waals surface area contributed by atoms with E-state index in [1.54, 1.807) is 11.9 Å². The Morgan fingerprint density at radius 2 is 2.12 bits per heavy atom. The number of aryl methyl sites for hydroxylation is 1. The summed E-state index contributed by atoms with van der Waals surface area (Å²) in [7, 11) is 1.76. The van der Waals surface area contributed by atoms with Crippen molar-refractivity contribution in [2.24, 2.45) is 5.73 Å². The smallest absolute Gasteiger partial charge is 0.264 e. The highest BCUT2D eigenvalue weighted by Gasteiger charge is 2.23. The van der Waals surface area contributed by atoms with Gasteiger partial charge in [-0.15, -0.1) is 0 Å². The number of carbonyl (C=O) groups is 1. The molecule has 0 atom stereocenters. The molecule has 122 valence electrons. The van der Waals surface area contributed by atoms with E-state index >= 15 is 0 Å². The quantitative estimate of drug-likeness (QED) is 0.784. The fourth-order valence-electron chi connectivity index (χ4n) is 3.17. The summed E-state index contributed by atoms with van der Waals surface area (Å²) in [5.74, 6) is 0.639. The molecule has 1 aliphatic rings. The summed E-state index contributed by atoms with van der Waals surface area (Å²) in [6, 6.07) is 11.7. The van der Waals surface area contributed by atoms with Crippen LogP contribution in [-0.4, -0.2) is 28.9 Å². The van der Waals surface area contributed by atoms with Gasteiger partial charge in [-0.3, -0.25) is 9.20 Å². The van der Waals surface area contributed by atoms with E-state index in [0.29, 0.717) is 12.3 Å². The molecule has 1 aromatic carbocycles. The van der Waals surface area contributed by atoms with Gasteiger partial charge in [0.2, 0.25) is 0 Å². The third-order valence-corrected chi connectivity index (χ3v) is 4.45. The Morgan fingerprint density at radius 1 is 1.29 bits per heavy atom. The van der Waals surface area contributed by atoms with Crippen LogP contribution in [0.2, 0.25) is 0 Å². The Morgan fingerprint density at radius 3 is 2.92 bits per heavy atom. The molecule has 0 bridgehead atoms. The van der Waals surface area contributed by atoms with Crippen LogP contribution >= 0.6 is 0 Å². The minimum atomic E-state index is -0.0652. The highest BCUT2D eigenvalue weighted by molar-refractivity contribution is 5.98. The molecule has 24 heavy (non-hydrogen) atoms. The minimum Gasteiger partial charge on any atom is -0.482 e. The van der Waals surface area contributed by atoms with E-state index < -0.39 is 0 Å². The van der Waals surface area contributed by atoms with Crippen LogP contribution in [-0.2, 0) is 11.3 Å². The third kappa shape index (κ3) is 2.07. The predicted octanol–water partition coefficient (Wildman–Crippen LogP) is 2.12. The van der Waals surface area contributed by atoms with Gasteiger partial charge in [-0.2, -0.15) is 0 Å². The standard InChI is InChI=1S/C18H18N4O2/c1-11-4-3-5-16-20-18(14(9-19)22(11)16)12-6-7-15-13(8-12)21(2)17(23)10-24-15/h3-8H,9-10,19H2,1-2H3. The van der Waals surface area contributed by atoms with E-state index in [1.807, 2.05) is 43.3 Å². The van der Waals surface area contributed by atoms with Gasteiger partial charge in [0.05, 0.1) is 17.1 Å². The number of fused-ring (bicyclic) bond motifs is 2. The van der Waals surface area contributed by atoms with Crippen molar-refractivity contribution in [1.29, 1.82) is 0 Å². The molecule has 6 heteroatoms. The Labute approximate surface area is 139 Å². The molecular weight excluding hydrogens is 304 g/mol. The van der Waals surface area contributed by atoms with Crippen LogP contribution in [0.15, 0.2) is 36.4 Å². The number of benzene rings is 1. The fraction of sp³-hybridized carbons (Fsp3) is 0.222. The normalized spacial score (nSPS) is 14.0. The van der Waals surface area contributed by atoms with Crippen molar-refractivity contribution in [3.05, 3.63) is 47.8 Å². The maximum absolute atomic E-state index is 11.9. The first-order chi connectivity index (χ1) is 11.6. The molecule has 6 nitrogen and oxygen atoms in total.